The van der Waals surface area contributed by atoms with E-state index in [0.29, 0.717) is 0 Å². The molecular formula is C22H26N4O2S. The number of hydrogen-bond donors (Lipinski definition) is 1. The molecule has 1 aromatic heterocycles. The molecule has 0 fully saturated rings. The van der Waals surface area contributed by atoms with Crippen molar-refractivity contribution in [2.45, 2.75) is 19.5 Å². The van der Waals surface area contributed by atoms with Crippen LogP contribution in [0.4, 0.5) is 5.69 Å². The minimum Gasteiger partial charge on any atom is -0.496 e. The van der Waals surface area contributed by atoms with E-state index < -0.39 is 11.0 Å². The van der Waals surface area contributed by atoms with Crippen LogP contribution in [0.5, 0.6) is 5.75 Å². The van der Waals surface area contributed by atoms with Crippen molar-refractivity contribution in [3.05, 3.63) is 65.5 Å². The zero-order valence-electron chi connectivity index (χ0n) is 17.0. The van der Waals surface area contributed by atoms with Gasteiger partial charge in [0.2, 0.25) is 0 Å². The maximum absolute atomic E-state index is 11.3. The van der Waals surface area contributed by atoms with Gasteiger partial charge in [0, 0.05) is 56.2 Å². The van der Waals surface area contributed by atoms with Crippen LogP contribution in [0, 0.1) is 0 Å². The number of imidazole rings is 1. The lowest BCUT2D eigenvalue weighted by Crippen LogP contribution is -2.31. The van der Waals surface area contributed by atoms with E-state index in [1.807, 2.05) is 36.4 Å². The van der Waals surface area contributed by atoms with Crippen molar-refractivity contribution in [3.63, 3.8) is 0 Å². The predicted octanol–water partition coefficient (Wildman–Crippen LogP) is 3.36. The Morgan fingerprint density at radius 3 is 2.66 bits per heavy atom. The molecule has 2 heterocycles. The zero-order chi connectivity index (χ0) is 20.4. The maximum atomic E-state index is 11.3. The molecule has 0 bridgehead atoms. The molecule has 0 aliphatic carbocycles. The number of rotatable bonds is 6. The average molecular weight is 411 g/mol. The molecule has 3 aromatic rings. The summed E-state index contributed by atoms with van der Waals surface area (Å²) in [5.41, 5.74) is 5.55. The first-order valence-electron chi connectivity index (χ1n) is 9.64. The molecule has 2 aromatic carbocycles. The van der Waals surface area contributed by atoms with E-state index in [1.165, 1.54) is 17.0 Å². The third kappa shape index (κ3) is 4.21. The summed E-state index contributed by atoms with van der Waals surface area (Å²) in [7, 11) is 2.73. The molecule has 0 saturated heterocycles. The second-order valence-electron chi connectivity index (χ2n) is 7.29. The normalized spacial score (nSPS) is 15.0. The first-order chi connectivity index (χ1) is 14.0. The van der Waals surface area contributed by atoms with Crippen LogP contribution in [0.3, 0.4) is 0 Å². The number of anilines is 1. The van der Waals surface area contributed by atoms with E-state index >= 15 is 0 Å². The lowest BCUT2D eigenvalue weighted by atomic mass is 10.1. The molecule has 1 unspecified atom stereocenters. The summed E-state index contributed by atoms with van der Waals surface area (Å²) < 4.78 is 21.9. The quantitative estimate of drug-likeness (QED) is 0.677. The van der Waals surface area contributed by atoms with Crippen molar-refractivity contribution >= 4 is 16.7 Å². The molecular weight excluding hydrogens is 384 g/mol. The Kier molecular flexibility index (Phi) is 5.69. The second kappa shape index (κ2) is 8.39. The third-order valence-electron chi connectivity index (χ3n) is 5.33. The van der Waals surface area contributed by atoms with Gasteiger partial charge < -0.3 is 14.0 Å². The molecule has 0 saturated carbocycles. The fraction of sp³-hybridized carbons (Fsp3) is 0.318. The van der Waals surface area contributed by atoms with Gasteiger partial charge in [-0.25, -0.2) is 9.19 Å². The Labute approximate surface area is 174 Å². The number of ether oxygens (including phenoxy) is 1. The van der Waals surface area contributed by atoms with Crippen molar-refractivity contribution in [3.8, 4) is 17.1 Å². The molecule has 6 nitrogen and oxygen atoms in total. The van der Waals surface area contributed by atoms with Crippen LogP contribution in [0.15, 0.2) is 48.5 Å². The van der Waals surface area contributed by atoms with E-state index in [2.05, 4.69) is 33.4 Å². The smallest absolute Gasteiger partial charge is 0.140 e. The number of methoxy groups -OCH3 is 1. The highest BCUT2D eigenvalue weighted by Gasteiger charge is 2.24. The SMILES string of the molecule is COc1ccccc1CN1CCc2nc(-c3ccc(NS(C)=O)cc3)n(C)c2C1. The number of hydrogen-bond acceptors (Lipinski definition) is 4. The summed E-state index contributed by atoms with van der Waals surface area (Å²) >= 11 is 0. The van der Waals surface area contributed by atoms with Gasteiger partial charge >= 0.3 is 0 Å². The van der Waals surface area contributed by atoms with Gasteiger partial charge in [-0.3, -0.25) is 4.90 Å². The summed E-state index contributed by atoms with van der Waals surface area (Å²) in [6.07, 6.45) is 2.56. The topological polar surface area (TPSA) is 59.4 Å². The van der Waals surface area contributed by atoms with E-state index in [4.69, 9.17) is 9.72 Å². The summed E-state index contributed by atoms with van der Waals surface area (Å²) in [6.45, 7) is 2.70. The van der Waals surface area contributed by atoms with Crippen LogP contribution in [0.25, 0.3) is 11.4 Å². The van der Waals surface area contributed by atoms with Gasteiger partial charge in [0.1, 0.15) is 22.6 Å². The van der Waals surface area contributed by atoms with Gasteiger partial charge in [-0.1, -0.05) is 18.2 Å². The van der Waals surface area contributed by atoms with Crippen molar-refractivity contribution in [1.82, 2.24) is 14.5 Å². The molecule has 4 rings (SSSR count). The lowest BCUT2D eigenvalue weighted by Gasteiger charge is -2.27. The predicted molar refractivity (Wildman–Crippen MR) is 117 cm³/mol. The molecule has 1 aliphatic rings. The first kappa shape index (κ1) is 19.7. The summed E-state index contributed by atoms with van der Waals surface area (Å²) in [5.74, 6) is 1.91. The molecule has 1 aliphatic heterocycles. The maximum Gasteiger partial charge on any atom is 0.140 e. The van der Waals surface area contributed by atoms with Crippen LogP contribution < -0.4 is 9.46 Å². The molecule has 29 heavy (non-hydrogen) atoms. The standard InChI is InChI=1S/C22H26N4O2S/c1-25-20-15-26(14-17-6-4-5-7-21(17)28-2)13-12-19(20)23-22(25)16-8-10-18(11-9-16)24-29(3)27/h4-11,24H,12-15H2,1-3H3. The molecule has 1 atom stereocenters. The van der Waals surface area contributed by atoms with Crippen LogP contribution >= 0.6 is 0 Å². The number of para-hydroxylation sites is 1. The van der Waals surface area contributed by atoms with Crippen LogP contribution in [-0.2, 0) is 37.5 Å². The Bertz CT molecular complexity index is 1030. The molecule has 152 valence electrons. The molecule has 0 radical (unpaired) electrons. The number of nitrogens with zero attached hydrogens (tertiary/aromatic N) is 3. The third-order valence-corrected chi connectivity index (χ3v) is 5.85. The lowest BCUT2D eigenvalue weighted by molar-refractivity contribution is 0.235. The minimum atomic E-state index is -1.08. The Morgan fingerprint density at radius 1 is 1.17 bits per heavy atom. The average Bonchev–Trinajstić information content (AvgIpc) is 3.05. The van der Waals surface area contributed by atoms with Crippen molar-refractivity contribution in [2.24, 2.45) is 7.05 Å². The van der Waals surface area contributed by atoms with Crippen LogP contribution in [0.2, 0.25) is 0 Å². The Hall–Kier alpha value is -2.64. The van der Waals surface area contributed by atoms with E-state index in [-0.39, 0.29) is 0 Å². The molecule has 0 spiro atoms. The van der Waals surface area contributed by atoms with Gasteiger partial charge in [-0.2, -0.15) is 0 Å². The Balaban J connectivity index is 1.54. The molecule has 1 N–H and O–H groups in total. The van der Waals surface area contributed by atoms with Gasteiger partial charge in [-0.05, 0) is 30.3 Å². The molecule has 0 amide bonds. The fourth-order valence-corrected chi connectivity index (χ4v) is 4.33. The number of aromatic nitrogens is 2. The summed E-state index contributed by atoms with van der Waals surface area (Å²) in [4.78, 5) is 7.36. The minimum absolute atomic E-state index is 0.844. The van der Waals surface area contributed by atoms with Crippen molar-refractivity contribution in [2.75, 3.05) is 24.6 Å². The first-order valence-corrected chi connectivity index (χ1v) is 11.2. The highest BCUT2D eigenvalue weighted by molar-refractivity contribution is 7.85. The van der Waals surface area contributed by atoms with Crippen molar-refractivity contribution in [1.29, 1.82) is 0 Å². The zero-order valence-corrected chi connectivity index (χ0v) is 17.8. The van der Waals surface area contributed by atoms with E-state index in [1.54, 1.807) is 13.4 Å². The highest BCUT2D eigenvalue weighted by Crippen LogP contribution is 2.28. The van der Waals surface area contributed by atoms with Gasteiger partial charge in [0.15, 0.2) is 0 Å². The summed E-state index contributed by atoms with van der Waals surface area (Å²) in [6, 6.07) is 16.1. The van der Waals surface area contributed by atoms with Crippen LogP contribution in [-0.4, -0.2) is 38.6 Å². The van der Waals surface area contributed by atoms with Gasteiger partial charge in [-0.15, -0.1) is 0 Å². The Morgan fingerprint density at radius 2 is 1.93 bits per heavy atom. The number of nitrogens with one attached hydrogen (secondary N) is 1. The second-order valence-corrected chi connectivity index (χ2v) is 8.41. The van der Waals surface area contributed by atoms with Crippen molar-refractivity contribution < 1.29 is 8.95 Å². The van der Waals surface area contributed by atoms with Gasteiger partial charge in [0.25, 0.3) is 0 Å². The van der Waals surface area contributed by atoms with Crippen LogP contribution in [0.1, 0.15) is 17.0 Å². The van der Waals surface area contributed by atoms with Gasteiger partial charge in [0.05, 0.1) is 18.5 Å². The van der Waals surface area contributed by atoms with E-state index in [0.717, 1.165) is 48.9 Å². The number of benzene rings is 2. The van der Waals surface area contributed by atoms with E-state index in [9.17, 15) is 4.21 Å². The summed E-state index contributed by atoms with van der Waals surface area (Å²) in [5, 5.41) is 0. The number of fused-ring (bicyclic) bond motifs is 1. The largest absolute Gasteiger partial charge is 0.496 e. The molecule has 7 heteroatoms. The fourth-order valence-electron chi connectivity index (χ4n) is 3.86. The monoisotopic (exact) mass is 410 g/mol. The highest BCUT2D eigenvalue weighted by atomic mass is 32.2.